The summed E-state index contributed by atoms with van der Waals surface area (Å²) in [6, 6.07) is 3.27. The smallest absolute Gasteiger partial charge is 0.311 e. The summed E-state index contributed by atoms with van der Waals surface area (Å²) in [5, 5.41) is 10.8. The number of rotatable bonds is 2. The summed E-state index contributed by atoms with van der Waals surface area (Å²) in [4.78, 5) is 16.5. The minimum absolute atomic E-state index is 0. The summed E-state index contributed by atoms with van der Waals surface area (Å²) in [5.41, 5.74) is 5.86. The molecule has 102 valence electrons. The number of hydrogen-bond acceptors (Lipinski definition) is 5. The molecule has 1 fully saturated rings. The van der Waals surface area contributed by atoms with Crippen LogP contribution < -0.4 is 10.6 Å². The zero-order valence-corrected chi connectivity index (χ0v) is 11.3. The molecule has 8 heteroatoms. The second-order valence-electron chi connectivity index (χ2n) is 3.93. The van der Waals surface area contributed by atoms with Crippen LogP contribution in [0.25, 0.3) is 0 Å². The number of piperidine rings is 1. The molecule has 0 bridgehead atoms. The van der Waals surface area contributed by atoms with Crippen molar-refractivity contribution in [2.75, 3.05) is 18.0 Å². The average Bonchev–Trinajstić information content (AvgIpc) is 2.30. The van der Waals surface area contributed by atoms with Crippen LogP contribution in [-0.2, 0) is 0 Å². The number of nitrogens with zero attached hydrogens (tertiary/aromatic N) is 3. The van der Waals surface area contributed by atoms with Gasteiger partial charge < -0.3 is 10.6 Å². The van der Waals surface area contributed by atoms with Gasteiger partial charge in [0, 0.05) is 31.4 Å². The molecule has 18 heavy (non-hydrogen) atoms. The molecule has 2 rings (SSSR count). The molecule has 0 radical (unpaired) electrons. The molecule has 0 atom stereocenters. The second kappa shape index (κ2) is 7.35. The maximum absolute atomic E-state index is 10.8. The molecular weight excluding hydrogens is 279 g/mol. The largest absolute Gasteiger partial charge is 0.351 e. The molecular formula is C10H16Cl2N4O2. The van der Waals surface area contributed by atoms with Gasteiger partial charge in [0.15, 0.2) is 0 Å². The third-order valence-electron chi connectivity index (χ3n) is 2.80. The van der Waals surface area contributed by atoms with Crippen molar-refractivity contribution in [2.24, 2.45) is 5.73 Å². The Bertz CT molecular complexity index is 397. The van der Waals surface area contributed by atoms with E-state index < -0.39 is 4.92 Å². The number of nitro groups is 1. The fourth-order valence-corrected chi connectivity index (χ4v) is 1.89. The Labute approximate surface area is 118 Å². The van der Waals surface area contributed by atoms with Crippen LogP contribution in [0.2, 0.25) is 0 Å². The van der Waals surface area contributed by atoms with E-state index in [-0.39, 0.29) is 36.5 Å². The van der Waals surface area contributed by atoms with Crippen LogP contribution >= 0.6 is 24.8 Å². The van der Waals surface area contributed by atoms with Gasteiger partial charge in [-0.3, -0.25) is 10.1 Å². The first-order valence-electron chi connectivity index (χ1n) is 5.28. The van der Waals surface area contributed by atoms with E-state index in [4.69, 9.17) is 5.73 Å². The lowest BCUT2D eigenvalue weighted by atomic mass is 10.1. The average molecular weight is 295 g/mol. The summed E-state index contributed by atoms with van der Waals surface area (Å²) in [7, 11) is 0. The maximum atomic E-state index is 10.8. The monoisotopic (exact) mass is 294 g/mol. The van der Waals surface area contributed by atoms with E-state index in [0.717, 1.165) is 25.9 Å². The van der Waals surface area contributed by atoms with Gasteiger partial charge in [-0.15, -0.1) is 24.8 Å². The van der Waals surface area contributed by atoms with Gasteiger partial charge in [-0.2, -0.15) is 0 Å². The number of hydrogen-bond donors (Lipinski definition) is 1. The number of pyridine rings is 1. The van der Waals surface area contributed by atoms with Crippen molar-refractivity contribution in [3.8, 4) is 0 Å². The number of halogens is 2. The minimum Gasteiger partial charge on any atom is -0.351 e. The van der Waals surface area contributed by atoms with Crippen molar-refractivity contribution < 1.29 is 4.92 Å². The quantitative estimate of drug-likeness (QED) is 0.663. The Morgan fingerprint density at radius 1 is 1.39 bits per heavy atom. The first kappa shape index (κ1) is 16.9. The Hall–Kier alpha value is -1.11. The van der Waals surface area contributed by atoms with E-state index in [9.17, 15) is 10.1 Å². The molecule has 1 aliphatic rings. The standard InChI is InChI=1S/C10H14N4O2.2ClH/c11-8-3-6-13(7-4-8)10-9(14(15)16)2-1-5-12-10;;/h1-2,5,8H,3-4,6-7,11H2;2*1H. The molecule has 1 aromatic heterocycles. The van der Waals surface area contributed by atoms with Crippen molar-refractivity contribution in [3.63, 3.8) is 0 Å². The van der Waals surface area contributed by atoms with E-state index in [1.54, 1.807) is 12.3 Å². The highest BCUT2D eigenvalue weighted by Gasteiger charge is 2.23. The Balaban J connectivity index is 0.00000144. The van der Waals surface area contributed by atoms with Crippen LogP contribution in [0.4, 0.5) is 11.5 Å². The van der Waals surface area contributed by atoms with Crippen molar-refractivity contribution in [3.05, 3.63) is 28.4 Å². The summed E-state index contributed by atoms with van der Waals surface area (Å²) in [6.07, 6.45) is 3.29. The molecule has 1 saturated heterocycles. The summed E-state index contributed by atoms with van der Waals surface area (Å²) in [6.45, 7) is 1.47. The SMILES string of the molecule is Cl.Cl.NC1CCN(c2ncccc2[N+](=O)[O-])CC1. The minimum atomic E-state index is -0.392. The topological polar surface area (TPSA) is 85.3 Å². The number of nitrogens with two attached hydrogens (primary N) is 1. The highest BCUT2D eigenvalue weighted by atomic mass is 35.5. The first-order valence-corrected chi connectivity index (χ1v) is 5.28. The van der Waals surface area contributed by atoms with Crippen molar-refractivity contribution >= 4 is 36.3 Å². The molecule has 0 amide bonds. The van der Waals surface area contributed by atoms with Crippen LogP contribution in [0.5, 0.6) is 0 Å². The molecule has 0 spiro atoms. The fourth-order valence-electron chi connectivity index (χ4n) is 1.89. The Morgan fingerprint density at radius 3 is 2.56 bits per heavy atom. The van der Waals surface area contributed by atoms with Gasteiger partial charge in [0.2, 0.25) is 5.82 Å². The molecule has 6 nitrogen and oxygen atoms in total. The number of anilines is 1. The van der Waals surface area contributed by atoms with Crippen molar-refractivity contribution in [1.29, 1.82) is 0 Å². The van der Waals surface area contributed by atoms with Crippen LogP contribution in [0.15, 0.2) is 18.3 Å². The molecule has 1 aromatic rings. The van der Waals surface area contributed by atoms with E-state index in [1.165, 1.54) is 6.07 Å². The van der Waals surface area contributed by atoms with Crippen LogP contribution in [0.3, 0.4) is 0 Å². The molecule has 1 aliphatic heterocycles. The molecule has 0 unspecified atom stereocenters. The van der Waals surface area contributed by atoms with Gasteiger partial charge in [0.25, 0.3) is 0 Å². The van der Waals surface area contributed by atoms with Crippen LogP contribution in [0, 0.1) is 10.1 Å². The Kier molecular flexibility index (Phi) is 6.90. The zero-order valence-electron chi connectivity index (χ0n) is 9.69. The molecule has 0 aromatic carbocycles. The third kappa shape index (κ3) is 3.69. The number of aromatic nitrogens is 1. The highest BCUT2D eigenvalue weighted by molar-refractivity contribution is 5.85. The highest BCUT2D eigenvalue weighted by Crippen LogP contribution is 2.26. The second-order valence-corrected chi connectivity index (χ2v) is 3.93. The third-order valence-corrected chi connectivity index (χ3v) is 2.80. The van der Waals surface area contributed by atoms with Crippen molar-refractivity contribution in [1.82, 2.24) is 4.98 Å². The molecule has 0 aliphatic carbocycles. The van der Waals surface area contributed by atoms with Gasteiger partial charge in [-0.1, -0.05) is 0 Å². The predicted octanol–water partition coefficient (Wildman–Crippen LogP) is 1.76. The van der Waals surface area contributed by atoms with Gasteiger partial charge >= 0.3 is 5.69 Å². The normalized spacial score (nSPS) is 15.5. The molecule has 0 saturated carbocycles. The first-order chi connectivity index (χ1) is 7.68. The van der Waals surface area contributed by atoms with E-state index in [1.807, 2.05) is 4.90 Å². The summed E-state index contributed by atoms with van der Waals surface area (Å²) in [5.74, 6) is 0.458. The zero-order chi connectivity index (χ0) is 11.5. The summed E-state index contributed by atoms with van der Waals surface area (Å²) < 4.78 is 0. The maximum Gasteiger partial charge on any atom is 0.311 e. The fraction of sp³-hybridized carbons (Fsp3) is 0.500. The Morgan fingerprint density at radius 2 is 2.00 bits per heavy atom. The van der Waals surface area contributed by atoms with Crippen LogP contribution in [0.1, 0.15) is 12.8 Å². The van der Waals surface area contributed by atoms with E-state index >= 15 is 0 Å². The van der Waals surface area contributed by atoms with Gasteiger partial charge in [0.1, 0.15) is 0 Å². The summed E-state index contributed by atoms with van der Waals surface area (Å²) >= 11 is 0. The predicted molar refractivity (Wildman–Crippen MR) is 74.8 cm³/mol. The lowest BCUT2D eigenvalue weighted by Gasteiger charge is -2.30. The van der Waals surface area contributed by atoms with E-state index in [2.05, 4.69) is 4.98 Å². The van der Waals surface area contributed by atoms with Gasteiger partial charge in [0.05, 0.1) is 4.92 Å². The van der Waals surface area contributed by atoms with E-state index in [0.29, 0.717) is 5.82 Å². The lowest BCUT2D eigenvalue weighted by molar-refractivity contribution is -0.384. The van der Waals surface area contributed by atoms with Crippen molar-refractivity contribution in [2.45, 2.75) is 18.9 Å². The molecule has 2 heterocycles. The van der Waals surface area contributed by atoms with Gasteiger partial charge in [-0.25, -0.2) is 4.98 Å². The van der Waals surface area contributed by atoms with Gasteiger partial charge in [-0.05, 0) is 18.9 Å². The lowest BCUT2D eigenvalue weighted by Crippen LogP contribution is -2.40. The van der Waals surface area contributed by atoms with Crippen LogP contribution in [-0.4, -0.2) is 29.0 Å². The molecule has 2 N–H and O–H groups in total.